The van der Waals surface area contributed by atoms with Crippen LogP contribution in [0.15, 0.2) is 12.1 Å². The number of carbonyl (C=O) groups is 1. The second-order valence-corrected chi connectivity index (χ2v) is 8.09. The van der Waals surface area contributed by atoms with Crippen LogP contribution in [0.25, 0.3) is 0 Å². The van der Waals surface area contributed by atoms with Crippen molar-refractivity contribution in [3.8, 4) is 0 Å². The van der Waals surface area contributed by atoms with E-state index in [-0.39, 0.29) is 16.2 Å². The van der Waals surface area contributed by atoms with Gasteiger partial charge in [-0.3, -0.25) is 9.00 Å². The quantitative estimate of drug-likeness (QED) is 0.816. The Balaban J connectivity index is 2.09. The van der Waals surface area contributed by atoms with Gasteiger partial charge in [0, 0.05) is 21.1 Å². The van der Waals surface area contributed by atoms with Gasteiger partial charge in [-0.05, 0) is 31.9 Å². The summed E-state index contributed by atoms with van der Waals surface area (Å²) in [5, 5.41) is 2.85. The average molecular weight is 349 g/mol. The molecule has 1 fully saturated rings. The Bertz CT molecular complexity index is 551. The molecule has 4 nitrogen and oxygen atoms in total. The lowest BCUT2D eigenvalue weighted by Crippen LogP contribution is -2.33. The van der Waals surface area contributed by atoms with Crippen molar-refractivity contribution < 1.29 is 9.00 Å². The Morgan fingerprint density at radius 2 is 2.00 bits per heavy atom. The van der Waals surface area contributed by atoms with Crippen LogP contribution in [0.1, 0.15) is 32.6 Å². The van der Waals surface area contributed by atoms with E-state index in [0.717, 1.165) is 25.7 Å². The van der Waals surface area contributed by atoms with Crippen LogP contribution in [-0.2, 0) is 15.6 Å². The molecule has 1 aromatic carbocycles. The van der Waals surface area contributed by atoms with Gasteiger partial charge in [-0.15, -0.1) is 0 Å². The van der Waals surface area contributed by atoms with Crippen LogP contribution in [0, 0.1) is 0 Å². The first-order chi connectivity index (χ1) is 9.90. The van der Waals surface area contributed by atoms with E-state index in [9.17, 15) is 9.00 Å². The third-order valence-corrected chi connectivity index (χ3v) is 6.24. The highest BCUT2D eigenvalue weighted by Crippen LogP contribution is 2.32. The minimum Gasteiger partial charge on any atom is -0.397 e. The molecule has 1 aromatic rings. The molecule has 0 aliphatic heterocycles. The van der Waals surface area contributed by atoms with Gasteiger partial charge < -0.3 is 11.1 Å². The molecule has 0 aromatic heterocycles. The molecule has 0 saturated heterocycles. The van der Waals surface area contributed by atoms with Gasteiger partial charge in [0.15, 0.2) is 0 Å². The number of anilines is 2. The maximum atomic E-state index is 12.4. The zero-order chi connectivity index (χ0) is 15.6. The Morgan fingerprint density at radius 3 is 2.57 bits per heavy atom. The highest BCUT2D eigenvalue weighted by atomic mass is 35.5. The van der Waals surface area contributed by atoms with Crippen LogP contribution in [0.5, 0.6) is 0 Å². The lowest BCUT2D eigenvalue weighted by Gasteiger charge is -2.17. The van der Waals surface area contributed by atoms with Crippen LogP contribution in [-0.4, -0.2) is 20.6 Å². The molecular formula is C14H18Cl2N2O2S. The van der Waals surface area contributed by atoms with Crippen LogP contribution < -0.4 is 11.1 Å². The summed E-state index contributed by atoms with van der Waals surface area (Å²) in [5.74, 6) is -0.337. The highest BCUT2D eigenvalue weighted by molar-refractivity contribution is 7.87. The molecule has 3 N–H and O–H groups in total. The molecule has 1 aliphatic rings. The maximum Gasteiger partial charge on any atom is 0.239 e. The maximum absolute atomic E-state index is 12.4. The molecule has 2 rings (SSSR count). The van der Waals surface area contributed by atoms with Crippen LogP contribution >= 0.6 is 23.2 Å². The van der Waals surface area contributed by atoms with E-state index in [0.29, 0.717) is 16.4 Å². The summed E-state index contributed by atoms with van der Waals surface area (Å²) in [5.41, 5.74) is 6.42. The first kappa shape index (κ1) is 16.6. The fourth-order valence-corrected chi connectivity index (χ4v) is 4.67. The van der Waals surface area contributed by atoms with Gasteiger partial charge in [0.1, 0.15) is 5.25 Å². The fraction of sp³-hybridized carbons (Fsp3) is 0.500. The number of nitrogen functional groups attached to an aromatic ring is 1. The summed E-state index contributed by atoms with van der Waals surface area (Å²) in [6, 6.07) is 3.02. The summed E-state index contributed by atoms with van der Waals surface area (Å²) < 4.78 is 12.4. The van der Waals surface area contributed by atoms with Crippen LogP contribution in [0.4, 0.5) is 11.4 Å². The number of halogens is 2. The predicted molar refractivity (Wildman–Crippen MR) is 89.4 cm³/mol. The standard InChI is InChI=1S/C14H18Cl2N2O2S/c1-8(21(20)10-4-2-3-5-10)14(19)18-13-11(16)6-9(15)7-12(13)17/h6-8,10H,2-5,17H2,1H3,(H,18,19). The number of benzene rings is 1. The molecule has 1 amide bonds. The molecule has 0 radical (unpaired) electrons. The van der Waals surface area contributed by atoms with E-state index in [2.05, 4.69) is 5.32 Å². The van der Waals surface area contributed by atoms with Crippen molar-refractivity contribution >= 4 is 51.3 Å². The number of rotatable bonds is 4. The average Bonchev–Trinajstić information content (AvgIpc) is 2.94. The third kappa shape index (κ3) is 3.90. The summed E-state index contributed by atoms with van der Waals surface area (Å²) >= 11 is 11.9. The molecule has 0 spiro atoms. The molecule has 21 heavy (non-hydrogen) atoms. The second-order valence-electron chi connectivity index (χ2n) is 5.22. The van der Waals surface area contributed by atoms with Crippen molar-refractivity contribution in [1.29, 1.82) is 0 Å². The molecule has 2 unspecified atom stereocenters. The van der Waals surface area contributed by atoms with E-state index in [1.165, 1.54) is 12.1 Å². The fourth-order valence-electron chi connectivity index (χ4n) is 2.47. The molecule has 1 aliphatic carbocycles. The molecule has 0 bridgehead atoms. The Hall–Kier alpha value is -0.780. The lowest BCUT2D eigenvalue weighted by molar-refractivity contribution is -0.115. The molecule has 2 atom stereocenters. The van der Waals surface area contributed by atoms with E-state index in [4.69, 9.17) is 28.9 Å². The zero-order valence-electron chi connectivity index (χ0n) is 11.7. The number of nitrogens with one attached hydrogen (secondary N) is 1. The summed E-state index contributed by atoms with van der Waals surface area (Å²) in [4.78, 5) is 12.2. The third-order valence-electron chi connectivity index (χ3n) is 3.68. The number of amides is 1. The van der Waals surface area contributed by atoms with Gasteiger partial charge in [-0.2, -0.15) is 0 Å². The summed E-state index contributed by atoms with van der Waals surface area (Å²) in [6.45, 7) is 1.67. The van der Waals surface area contributed by atoms with Gasteiger partial charge in [0.05, 0.1) is 16.4 Å². The normalized spacial score (nSPS) is 18.4. The van der Waals surface area contributed by atoms with E-state index >= 15 is 0 Å². The minimum absolute atomic E-state index is 0.115. The Morgan fingerprint density at radius 1 is 1.38 bits per heavy atom. The Labute approximate surface area is 136 Å². The van der Waals surface area contributed by atoms with Gasteiger partial charge in [-0.25, -0.2) is 0 Å². The molecule has 1 saturated carbocycles. The molecule has 7 heteroatoms. The monoisotopic (exact) mass is 348 g/mol. The minimum atomic E-state index is -1.18. The summed E-state index contributed by atoms with van der Waals surface area (Å²) in [6.07, 6.45) is 4.02. The van der Waals surface area contributed by atoms with E-state index in [1.807, 2.05) is 0 Å². The number of nitrogens with two attached hydrogens (primary N) is 1. The largest absolute Gasteiger partial charge is 0.397 e. The van der Waals surface area contributed by atoms with Crippen molar-refractivity contribution in [3.05, 3.63) is 22.2 Å². The van der Waals surface area contributed by atoms with Crippen molar-refractivity contribution in [1.82, 2.24) is 0 Å². The van der Waals surface area contributed by atoms with Gasteiger partial charge in [0.25, 0.3) is 0 Å². The predicted octanol–water partition coefficient (Wildman–Crippen LogP) is 3.59. The summed E-state index contributed by atoms with van der Waals surface area (Å²) in [7, 11) is -1.18. The highest BCUT2D eigenvalue weighted by Gasteiger charge is 2.29. The SMILES string of the molecule is CC(C(=O)Nc1c(N)cc(Cl)cc1Cl)S(=O)C1CCCC1. The lowest BCUT2D eigenvalue weighted by atomic mass is 10.2. The first-order valence-corrected chi connectivity index (χ1v) is 8.88. The molecule has 0 heterocycles. The second kappa shape index (κ2) is 6.99. The first-order valence-electron chi connectivity index (χ1n) is 6.85. The number of carbonyl (C=O) groups excluding carboxylic acids is 1. The van der Waals surface area contributed by atoms with Crippen LogP contribution in [0.2, 0.25) is 10.0 Å². The number of hydrogen-bond donors (Lipinski definition) is 2. The Kier molecular flexibility index (Phi) is 5.52. The van der Waals surface area contributed by atoms with Crippen molar-refractivity contribution in [2.24, 2.45) is 0 Å². The van der Waals surface area contributed by atoms with Gasteiger partial charge in [-0.1, -0.05) is 36.0 Å². The van der Waals surface area contributed by atoms with Gasteiger partial charge in [0.2, 0.25) is 5.91 Å². The van der Waals surface area contributed by atoms with Crippen molar-refractivity contribution in [3.63, 3.8) is 0 Å². The number of hydrogen-bond acceptors (Lipinski definition) is 3. The van der Waals surface area contributed by atoms with E-state index < -0.39 is 16.0 Å². The smallest absolute Gasteiger partial charge is 0.239 e. The van der Waals surface area contributed by atoms with Crippen molar-refractivity contribution in [2.75, 3.05) is 11.1 Å². The van der Waals surface area contributed by atoms with E-state index in [1.54, 1.807) is 6.92 Å². The molecule has 116 valence electrons. The topological polar surface area (TPSA) is 72.2 Å². The van der Waals surface area contributed by atoms with Crippen molar-refractivity contribution in [2.45, 2.75) is 43.1 Å². The van der Waals surface area contributed by atoms with Crippen LogP contribution in [0.3, 0.4) is 0 Å². The van der Waals surface area contributed by atoms with Gasteiger partial charge >= 0.3 is 0 Å². The molecular weight excluding hydrogens is 331 g/mol. The zero-order valence-corrected chi connectivity index (χ0v) is 14.0.